The van der Waals surface area contributed by atoms with Gasteiger partial charge in [0.05, 0.1) is 29.7 Å². The number of aryl methyl sites for hydroxylation is 2. The molecule has 3 unspecified atom stereocenters. The standard InChI is InChI=1S/C51H65BF2N9O17P3S4/c1-32-23-33(2)63(52(53)54)41(32)25-39-16-15-37(58-39)17-19-45(65)56-21-20-34-10-18-40(42(64)24-34)61-60-38-13-11-35(12-14-38)48(66)57-29-51(6,7)87-84-30-75-22-8-9-36-27-62(49(67)59-47(36)55)46-26-43(76-31-85-86-50(3,4)5)44(78-46)28-77-82(71,72)80-83(73,74)79-81(68,69)70/h10-16,18,23-25,27,43-44,46,64H,17,19-22,26,28-31H2,1-7H3,(H,56,65)(H,57,66)(H,71,72)(H,73,74)(H2,55,59,67)(H2,68,69,70)/b39-25-,61-60+/t43?,44-,46-/m1/s1. The Morgan fingerprint density at radius 3 is 2.37 bits per heavy atom. The number of phosphoric acid groups is 3. The Kier molecular flexibility index (Phi) is 25.9. The molecule has 0 bridgehead atoms. The zero-order valence-corrected chi connectivity index (χ0v) is 53.9. The van der Waals surface area contributed by atoms with Crippen molar-refractivity contribution < 1.29 is 84.0 Å². The highest BCUT2D eigenvalue weighted by atomic mass is 33.1. The van der Waals surface area contributed by atoms with Crippen LogP contribution in [0.5, 0.6) is 5.75 Å². The first kappa shape index (κ1) is 71.1. The van der Waals surface area contributed by atoms with Crippen LogP contribution in [0.2, 0.25) is 0 Å². The summed E-state index contributed by atoms with van der Waals surface area (Å²) in [4.78, 5) is 84.4. The maximum absolute atomic E-state index is 13.6. The first-order chi connectivity index (χ1) is 40.7. The van der Waals surface area contributed by atoms with Gasteiger partial charge in [-0.15, -0.1) is 5.11 Å². The van der Waals surface area contributed by atoms with E-state index in [-0.39, 0.29) is 70.7 Å². The van der Waals surface area contributed by atoms with Crippen LogP contribution in [-0.2, 0) is 52.3 Å². The maximum Gasteiger partial charge on any atom is 0.677 e. The summed E-state index contributed by atoms with van der Waals surface area (Å²) >= 11 is 0. The average Bonchev–Trinajstić information content (AvgIpc) is 2.05. The number of allylic oxidation sites excluding steroid dienone is 2. The number of phenolic OH excluding ortho intramolecular Hbond substituents is 1. The topological polar surface area (TPSA) is 369 Å². The molecule has 472 valence electrons. The van der Waals surface area contributed by atoms with Gasteiger partial charge in [-0.05, 0) is 112 Å². The number of hydrogen-bond donors (Lipinski definition) is 8. The number of hydrogen-bond acceptors (Lipinski definition) is 22. The van der Waals surface area contributed by atoms with Gasteiger partial charge >= 0.3 is 36.6 Å². The largest absolute Gasteiger partial charge is 0.677 e. The number of ether oxygens (including phenoxy) is 3. The van der Waals surface area contributed by atoms with Gasteiger partial charge in [-0.3, -0.25) is 32.3 Å². The van der Waals surface area contributed by atoms with Crippen molar-refractivity contribution in [1.29, 1.82) is 0 Å². The van der Waals surface area contributed by atoms with E-state index in [4.69, 9.17) is 34.3 Å². The molecule has 9 N–H and O–H groups in total. The lowest BCUT2D eigenvalue weighted by Gasteiger charge is -2.23. The third kappa shape index (κ3) is 23.8. The number of benzene rings is 2. The molecule has 5 atom stereocenters. The lowest BCUT2D eigenvalue weighted by molar-refractivity contribution is -0.120. The van der Waals surface area contributed by atoms with Gasteiger partial charge < -0.3 is 59.7 Å². The van der Waals surface area contributed by atoms with Crippen molar-refractivity contribution in [3.63, 3.8) is 0 Å². The second-order valence-corrected chi connectivity index (χ2v) is 31.1. The number of anilines is 1. The van der Waals surface area contributed by atoms with Gasteiger partial charge in [0, 0.05) is 64.3 Å². The summed E-state index contributed by atoms with van der Waals surface area (Å²) in [7, 11) is -13.9. The van der Waals surface area contributed by atoms with E-state index in [0.29, 0.717) is 65.5 Å². The fraction of sp³-hybridized carbons (Fsp3) is 0.431. The Hall–Kier alpha value is -4.94. The number of amides is 2. The quantitative estimate of drug-likeness (QED) is 0.00458. The minimum Gasteiger partial charge on any atom is -0.506 e. The number of nitrogens with zero attached hydrogens (tertiary/aromatic N) is 6. The molecule has 0 aliphatic carbocycles. The van der Waals surface area contributed by atoms with Crippen LogP contribution < -0.4 is 22.1 Å². The van der Waals surface area contributed by atoms with Crippen molar-refractivity contribution in [2.24, 2.45) is 15.2 Å². The molecule has 1 fully saturated rings. The molecule has 1 saturated heterocycles. The Balaban J connectivity index is 0.898. The van der Waals surface area contributed by atoms with E-state index < -0.39 is 66.3 Å². The van der Waals surface area contributed by atoms with E-state index in [1.54, 1.807) is 80.6 Å². The number of phenols is 1. The van der Waals surface area contributed by atoms with Gasteiger partial charge in [0.15, 0.2) is 0 Å². The van der Waals surface area contributed by atoms with Crippen LogP contribution in [0.25, 0.3) is 6.08 Å². The smallest absolute Gasteiger partial charge is 0.506 e. The molecule has 2 amide bonds. The number of phosphoric ester groups is 1. The van der Waals surface area contributed by atoms with Crippen LogP contribution in [0.15, 0.2) is 92.6 Å². The molecule has 0 radical (unpaired) electrons. The molecule has 2 aromatic carbocycles. The van der Waals surface area contributed by atoms with Crippen LogP contribution >= 0.6 is 66.6 Å². The highest BCUT2D eigenvalue weighted by Gasteiger charge is 2.44. The summed E-state index contributed by atoms with van der Waals surface area (Å²) in [5.74, 6) is 5.14. The summed E-state index contributed by atoms with van der Waals surface area (Å²) in [5, 5.41) is 24.8. The first-order valence-electron chi connectivity index (χ1n) is 26.2. The number of aliphatic imine (C=N–C) groups is 1. The Morgan fingerprint density at radius 1 is 0.954 bits per heavy atom. The summed E-state index contributed by atoms with van der Waals surface area (Å²) in [6.07, 6.45) is 4.16. The summed E-state index contributed by atoms with van der Waals surface area (Å²) < 4.78 is 94.1. The zero-order valence-electron chi connectivity index (χ0n) is 47.9. The second-order valence-electron chi connectivity index (χ2n) is 20.7. The molecular weight excluding hydrogens is 1280 g/mol. The van der Waals surface area contributed by atoms with Crippen molar-refractivity contribution in [3.05, 3.63) is 117 Å². The molecule has 4 heterocycles. The average molecular weight is 1350 g/mol. The first-order valence-corrected chi connectivity index (χ1v) is 35.3. The normalized spacial score (nSPS) is 18.1. The number of halogens is 2. The van der Waals surface area contributed by atoms with Gasteiger partial charge in [0.1, 0.15) is 48.1 Å². The predicted octanol–water partition coefficient (Wildman–Crippen LogP) is 9.70. The maximum atomic E-state index is 13.6. The van der Waals surface area contributed by atoms with Crippen LogP contribution in [-0.4, -0.2) is 124 Å². The molecule has 2 aliphatic heterocycles. The minimum atomic E-state index is -5.79. The van der Waals surface area contributed by atoms with Gasteiger partial charge in [0.25, 0.3) is 5.91 Å². The molecule has 6 rings (SSSR count). The second kappa shape index (κ2) is 31.7. The summed E-state index contributed by atoms with van der Waals surface area (Å²) in [6, 6.07) is 13.0. The van der Waals surface area contributed by atoms with Crippen molar-refractivity contribution in [1.82, 2.24) is 24.7 Å². The molecule has 0 saturated carbocycles. The minimum absolute atomic E-state index is 0.0280. The number of nitrogens with two attached hydrogens (primary N) is 1. The summed E-state index contributed by atoms with van der Waals surface area (Å²) in [5.41, 5.74) is 9.89. The van der Waals surface area contributed by atoms with Crippen LogP contribution in [0.1, 0.15) is 98.5 Å². The number of carbonyl (C=O) groups excluding carboxylic acids is 2. The molecule has 4 aromatic rings. The molecular formula is C51H65BF2N9O17P3S4. The number of nitrogens with one attached hydrogen (secondary N) is 2. The number of rotatable bonds is 30. The van der Waals surface area contributed by atoms with Crippen molar-refractivity contribution in [3.8, 4) is 17.6 Å². The molecule has 2 aromatic heterocycles. The van der Waals surface area contributed by atoms with E-state index >= 15 is 0 Å². The van der Waals surface area contributed by atoms with Crippen LogP contribution in [0.4, 0.5) is 25.8 Å². The van der Waals surface area contributed by atoms with Crippen LogP contribution in [0, 0.1) is 25.7 Å². The molecule has 36 heteroatoms. The van der Waals surface area contributed by atoms with Gasteiger partial charge in [-0.2, -0.15) is 18.7 Å². The Bertz CT molecular complexity index is 3520. The van der Waals surface area contributed by atoms with Gasteiger partial charge in [0.2, 0.25) is 5.91 Å². The van der Waals surface area contributed by atoms with E-state index in [9.17, 15) is 51.6 Å². The van der Waals surface area contributed by atoms with Crippen molar-refractivity contribution in [2.75, 3.05) is 43.9 Å². The number of carbonyl (C=O) groups is 2. The number of azo groups is 1. The van der Waals surface area contributed by atoms with Gasteiger partial charge in [-0.1, -0.05) is 81.9 Å². The van der Waals surface area contributed by atoms with Crippen molar-refractivity contribution in [2.45, 2.75) is 102 Å². The molecule has 26 nitrogen and oxygen atoms in total. The summed E-state index contributed by atoms with van der Waals surface area (Å²) in [6.45, 7) is 13.0. The van der Waals surface area contributed by atoms with Crippen LogP contribution in [0.3, 0.4) is 0 Å². The SMILES string of the molecule is Cc1cc(C)n(B(F)F)c1/C=C1/C=CC(CCC(=O)NCCc2ccc(/N=N/c3ccc(C(=O)NCC(C)(C)SSCOCC#Cc4cn([C@H]5CC(OCSSC(C)(C)C)[C@@H](COP(=O)(O)OP(=O)(O)OP(=O)(O)O)O5)c(=O)nc4N)cc3)c(O)c2)=N1. The highest BCUT2D eigenvalue weighted by molar-refractivity contribution is 8.77. The lowest BCUT2D eigenvalue weighted by Crippen LogP contribution is -2.35. The fourth-order valence-corrected chi connectivity index (χ4v) is 15.1. The third-order valence-electron chi connectivity index (χ3n) is 11.9. The molecule has 87 heavy (non-hydrogen) atoms. The van der Waals surface area contributed by atoms with Gasteiger partial charge in [-0.25, -0.2) is 18.5 Å². The number of nitrogen functional groups attached to an aromatic ring is 1. The fourth-order valence-electron chi connectivity index (χ4n) is 7.97. The zero-order chi connectivity index (χ0) is 63.9. The number of aromatic nitrogens is 3. The monoisotopic (exact) mass is 1350 g/mol. The van der Waals surface area contributed by atoms with E-state index in [0.717, 1.165) is 14.6 Å². The Morgan fingerprint density at radius 2 is 1.68 bits per heavy atom. The number of aromatic hydroxyl groups is 1. The Labute approximate surface area is 516 Å². The van der Waals surface area contributed by atoms with Crippen molar-refractivity contribution >= 4 is 115 Å². The van der Waals surface area contributed by atoms with E-state index in [2.05, 4.69) is 51.3 Å². The van der Waals surface area contributed by atoms with E-state index in [1.165, 1.54) is 49.4 Å². The predicted molar refractivity (Wildman–Crippen MR) is 332 cm³/mol. The highest BCUT2D eigenvalue weighted by Crippen LogP contribution is 2.66. The molecule has 0 spiro atoms. The van der Waals surface area contributed by atoms with E-state index in [1.807, 2.05) is 34.6 Å². The third-order valence-corrected chi connectivity index (χ3v) is 21.6. The molecule has 2 aliphatic rings. The lowest BCUT2D eigenvalue weighted by atomic mass is 10.1.